The van der Waals surface area contributed by atoms with E-state index in [4.69, 9.17) is 0 Å². The van der Waals surface area contributed by atoms with Crippen LogP contribution in [-0.2, 0) is 13.5 Å². The molecule has 0 aliphatic heterocycles. The van der Waals surface area contributed by atoms with Crippen molar-refractivity contribution in [3.05, 3.63) is 52.8 Å². The molecule has 0 bridgehead atoms. The molecule has 3 heteroatoms. The molecule has 20 heavy (non-hydrogen) atoms. The Hall–Kier alpha value is -1.61. The molecular formula is C17H23N3. The molecule has 1 aliphatic carbocycles. The van der Waals surface area contributed by atoms with Gasteiger partial charge >= 0.3 is 0 Å². The number of aryl methyl sites for hydroxylation is 2. The fraction of sp³-hybridized carbons (Fsp3) is 0.471. The Labute approximate surface area is 121 Å². The van der Waals surface area contributed by atoms with Crippen LogP contribution in [0.1, 0.15) is 54.2 Å². The monoisotopic (exact) mass is 269 g/mol. The van der Waals surface area contributed by atoms with Gasteiger partial charge in [0, 0.05) is 30.4 Å². The molecule has 3 nitrogen and oxygen atoms in total. The summed E-state index contributed by atoms with van der Waals surface area (Å²) in [6.07, 6.45) is 5.70. The van der Waals surface area contributed by atoms with E-state index in [9.17, 15) is 0 Å². The van der Waals surface area contributed by atoms with E-state index < -0.39 is 0 Å². The maximum absolute atomic E-state index is 4.35. The number of nitrogens with zero attached hydrogens (tertiary/aromatic N) is 2. The highest BCUT2D eigenvalue weighted by molar-refractivity contribution is 5.32. The maximum Gasteiger partial charge on any atom is 0.0540 e. The smallest absolute Gasteiger partial charge is 0.0540 e. The lowest BCUT2D eigenvalue weighted by atomic mass is 9.87. The zero-order valence-electron chi connectivity index (χ0n) is 12.6. The zero-order valence-corrected chi connectivity index (χ0v) is 12.6. The second-order valence-electron chi connectivity index (χ2n) is 5.84. The first-order valence-electron chi connectivity index (χ1n) is 7.49. The first kappa shape index (κ1) is 13.4. The summed E-state index contributed by atoms with van der Waals surface area (Å²) in [5, 5.41) is 8.14. The van der Waals surface area contributed by atoms with Gasteiger partial charge < -0.3 is 5.32 Å². The SMILES string of the molecule is Cc1c(C(C)NC2CCCc3ccccc32)cnn1C. The van der Waals surface area contributed by atoms with E-state index in [1.807, 2.05) is 17.9 Å². The van der Waals surface area contributed by atoms with E-state index in [1.165, 1.54) is 41.6 Å². The molecule has 2 atom stereocenters. The molecule has 1 N–H and O–H groups in total. The van der Waals surface area contributed by atoms with Crippen molar-refractivity contribution < 1.29 is 0 Å². The average molecular weight is 269 g/mol. The van der Waals surface area contributed by atoms with Crippen LogP contribution in [0.15, 0.2) is 30.5 Å². The van der Waals surface area contributed by atoms with Crippen molar-refractivity contribution >= 4 is 0 Å². The molecule has 0 radical (unpaired) electrons. The van der Waals surface area contributed by atoms with Crippen LogP contribution in [0.5, 0.6) is 0 Å². The normalized spacial score (nSPS) is 19.6. The molecular weight excluding hydrogens is 246 g/mol. The van der Waals surface area contributed by atoms with Gasteiger partial charge in [-0.05, 0) is 44.2 Å². The Morgan fingerprint density at radius 1 is 1.35 bits per heavy atom. The molecule has 1 aromatic heterocycles. The summed E-state index contributed by atoms with van der Waals surface area (Å²) in [4.78, 5) is 0. The van der Waals surface area contributed by atoms with Gasteiger partial charge in [0.2, 0.25) is 0 Å². The first-order chi connectivity index (χ1) is 9.66. The maximum atomic E-state index is 4.35. The summed E-state index contributed by atoms with van der Waals surface area (Å²) in [7, 11) is 2.00. The van der Waals surface area contributed by atoms with Crippen LogP contribution >= 0.6 is 0 Å². The molecule has 0 spiro atoms. The van der Waals surface area contributed by atoms with E-state index in [0.29, 0.717) is 12.1 Å². The highest BCUT2D eigenvalue weighted by Crippen LogP contribution is 2.31. The fourth-order valence-corrected chi connectivity index (χ4v) is 3.26. The van der Waals surface area contributed by atoms with Gasteiger partial charge in [-0.25, -0.2) is 0 Å². The molecule has 0 saturated heterocycles. The third-order valence-corrected chi connectivity index (χ3v) is 4.56. The minimum atomic E-state index is 0.333. The molecule has 0 fully saturated rings. The predicted octanol–water partition coefficient (Wildman–Crippen LogP) is 3.46. The lowest BCUT2D eigenvalue weighted by Crippen LogP contribution is -2.28. The summed E-state index contributed by atoms with van der Waals surface area (Å²) in [6, 6.07) is 9.64. The van der Waals surface area contributed by atoms with Gasteiger partial charge in [-0.3, -0.25) is 4.68 Å². The van der Waals surface area contributed by atoms with Crippen molar-refractivity contribution in [1.82, 2.24) is 15.1 Å². The predicted molar refractivity (Wildman–Crippen MR) is 81.6 cm³/mol. The van der Waals surface area contributed by atoms with Crippen LogP contribution in [0.25, 0.3) is 0 Å². The highest BCUT2D eigenvalue weighted by atomic mass is 15.3. The minimum Gasteiger partial charge on any atom is -0.303 e. The number of hydrogen-bond donors (Lipinski definition) is 1. The number of rotatable bonds is 3. The van der Waals surface area contributed by atoms with Crippen molar-refractivity contribution in [2.75, 3.05) is 0 Å². The van der Waals surface area contributed by atoms with Crippen LogP contribution in [0.4, 0.5) is 0 Å². The van der Waals surface area contributed by atoms with Crippen LogP contribution in [-0.4, -0.2) is 9.78 Å². The van der Waals surface area contributed by atoms with Crippen LogP contribution in [0, 0.1) is 6.92 Å². The van der Waals surface area contributed by atoms with Gasteiger partial charge in [0.25, 0.3) is 0 Å². The topological polar surface area (TPSA) is 29.9 Å². The van der Waals surface area contributed by atoms with Crippen molar-refractivity contribution in [2.45, 2.75) is 45.2 Å². The second kappa shape index (κ2) is 5.41. The van der Waals surface area contributed by atoms with Gasteiger partial charge in [-0.1, -0.05) is 24.3 Å². The van der Waals surface area contributed by atoms with Gasteiger partial charge in [0.1, 0.15) is 0 Å². The Morgan fingerprint density at radius 3 is 2.90 bits per heavy atom. The molecule has 1 aromatic carbocycles. The zero-order chi connectivity index (χ0) is 14.1. The number of benzene rings is 1. The summed E-state index contributed by atoms with van der Waals surface area (Å²) < 4.78 is 1.95. The Morgan fingerprint density at radius 2 is 2.15 bits per heavy atom. The average Bonchev–Trinajstić information content (AvgIpc) is 2.79. The third kappa shape index (κ3) is 2.38. The van der Waals surface area contributed by atoms with E-state index in [0.717, 1.165) is 0 Å². The van der Waals surface area contributed by atoms with Crippen LogP contribution < -0.4 is 5.32 Å². The minimum absolute atomic E-state index is 0.333. The third-order valence-electron chi connectivity index (χ3n) is 4.56. The van der Waals surface area contributed by atoms with Gasteiger partial charge in [-0.2, -0.15) is 5.10 Å². The largest absolute Gasteiger partial charge is 0.303 e. The summed E-state index contributed by atoms with van der Waals surface area (Å²) >= 11 is 0. The quantitative estimate of drug-likeness (QED) is 0.925. The van der Waals surface area contributed by atoms with Gasteiger partial charge in [0.05, 0.1) is 6.20 Å². The van der Waals surface area contributed by atoms with E-state index in [2.05, 4.69) is 48.5 Å². The standard InChI is InChI=1S/C17H23N3/c1-12(16-11-18-20(3)13(16)2)19-17-10-6-8-14-7-4-5-9-15(14)17/h4-5,7,9,11-12,17,19H,6,8,10H2,1-3H3. The molecule has 2 aromatic rings. The molecule has 1 aliphatic rings. The summed E-state index contributed by atoms with van der Waals surface area (Å²) in [5.41, 5.74) is 5.53. The number of hydrogen-bond acceptors (Lipinski definition) is 2. The molecule has 106 valence electrons. The van der Waals surface area contributed by atoms with E-state index in [-0.39, 0.29) is 0 Å². The Bertz CT molecular complexity index is 600. The number of fused-ring (bicyclic) bond motifs is 1. The van der Waals surface area contributed by atoms with Gasteiger partial charge in [-0.15, -0.1) is 0 Å². The van der Waals surface area contributed by atoms with E-state index >= 15 is 0 Å². The Balaban J connectivity index is 1.80. The van der Waals surface area contributed by atoms with E-state index in [1.54, 1.807) is 0 Å². The second-order valence-corrected chi connectivity index (χ2v) is 5.84. The summed E-state index contributed by atoms with van der Waals surface area (Å²) in [6.45, 7) is 4.37. The molecule has 0 saturated carbocycles. The van der Waals surface area contributed by atoms with Crippen molar-refractivity contribution in [3.8, 4) is 0 Å². The first-order valence-corrected chi connectivity index (χ1v) is 7.49. The Kier molecular flexibility index (Phi) is 3.62. The fourth-order valence-electron chi connectivity index (χ4n) is 3.26. The van der Waals surface area contributed by atoms with Gasteiger partial charge in [0.15, 0.2) is 0 Å². The lowest BCUT2D eigenvalue weighted by Gasteiger charge is -2.29. The van der Waals surface area contributed by atoms with Crippen molar-refractivity contribution in [3.63, 3.8) is 0 Å². The van der Waals surface area contributed by atoms with Crippen LogP contribution in [0.3, 0.4) is 0 Å². The molecule has 2 unspecified atom stereocenters. The molecule has 1 heterocycles. The van der Waals surface area contributed by atoms with Crippen molar-refractivity contribution in [2.24, 2.45) is 7.05 Å². The van der Waals surface area contributed by atoms with Crippen molar-refractivity contribution in [1.29, 1.82) is 0 Å². The molecule has 0 amide bonds. The number of aromatic nitrogens is 2. The summed E-state index contributed by atoms with van der Waals surface area (Å²) in [5.74, 6) is 0. The number of nitrogens with one attached hydrogen (secondary N) is 1. The van der Waals surface area contributed by atoms with Crippen LogP contribution in [0.2, 0.25) is 0 Å². The highest BCUT2D eigenvalue weighted by Gasteiger charge is 2.22. The lowest BCUT2D eigenvalue weighted by molar-refractivity contribution is 0.414. The molecule has 3 rings (SSSR count).